The summed E-state index contributed by atoms with van der Waals surface area (Å²) in [5.74, 6) is -0.0424. The molecule has 1 aromatic carbocycles. The van der Waals surface area contributed by atoms with Crippen molar-refractivity contribution in [3.63, 3.8) is 0 Å². The molecule has 0 fully saturated rings. The number of amides is 1. The van der Waals surface area contributed by atoms with Gasteiger partial charge in [-0.3, -0.25) is 4.79 Å². The first kappa shape index (κ1) is 12.9. The van der Waals surface area contributed by atoms with Crippen LogP contribution in [0.2, 0.25) is 4.34 Å². The van der Waals surface area contributed by atoms with Crippen molar-refractivity contribution in [3.05, 3.63) is 45.6 Å². The van der Waals surface area contributed by atoms with Crippen molar-refractivity contribution < 1.29 is 4.79 Å². The van der Waals surface area contributed by atoms with Crippen LogP contribution in [-0.4, -0.2) is 12.5 Å². The smallest absolute Gasteiger partial charge is 0.268 e. The Hall–Kier alpha value is -1.52. The summed E-state index contributed by atoms with van der Waals surface area (Å²) >= 11 is 7.14. The number of benzene rings is 1. The summed E-state index contributed by atoms with van der Waals surface area (Å²) in [4.78, 5) is 14.7. The van der Waals surface area contributed by atoms with Crippen molar-refractivity contribution in [3.8, 4) is 0 Å². The maximum Gasteiger partial charge on any atom is 0.268 e. The van der Waals surface area contributed by atoms with E-state index in [0.29, 0.717) is 21.4 Å². The molecule has 0 aliphatic carbocycles. The second-order valence-corrected chi connectivity index (χ2v) is 5.46. The highest BCUT2D eigenvalue weighted by atomic mass is 35.5. The van der Waals surface area contributed by atoms with Gasteiger partial charge in [0.25, 0.3) is 5.91 Å². The number of hydrogen-bond acceptors (Lipinski definition) is 3. The molecule has 0 aliphatic heterocycles. The molecule has 0 saturated heterocycles. The molecule has 0 radical (unpaired) electrons. The zero-order chi connectivity index (χ0) is 13.1. The maximum atomic E-state index is 12.3. The molecule has 1 aromatic heterocycles. The summed E-state index contributed by atoms with van der Waals surface area (Å²) in [5, 5.41) is 0. The first-order valence-electron chi connectivity index (χ1n) is 5.54. The lowest BCUT2D eigenvalue weighted by molar-refractivity contribution is 0.0992. The molecule has 0 saturated carbocycles. The van der Waals surface area contributed by atoms with Crippen LogP contribution in [0.5, 0.6) is 0 Å². The van der Waals surface area contributed by atoms with E-state index in [1.807, 2.05) is 19.1 Å². The highest BCUT2D eigenvalue weighted by Gasteiger charge is 2.17. The van der Waals surface area contributed by atoms with Crippen LogP contribution >= 0.6 is 22.9 Å². The van der Waals surface area contributed by atoms with Crippen molar-refractivity contribution in [1.82, 2.24) is 0 Å². The highest BCUT2D eigenvalue weighted by molar-refractivity contribution is 7.18. The number of halogens is 1. The zero-order valence-corrected chi connectivity index (χ0v) is 11.5. The molecule has 0 spiro atoms. The van der Waals surface area contributed by atoms with Crippen LogP contribution in [0.3, 0.4) is 0 Å². The summed E-state index contributed by atoms with van der Waals surface area (Å²) in [7, 11) is 0. The quantitative estimate of drug-likeness (QED) is 0.873. The fraction of sp³-hybridized carbons (Fsp3) is 0.154. The van der Waals surface area contributed by atoms with Gasteiger partial charge in [0.15, 0.2) is 0 Å². The number of nitrogens with two attached hydrogens (primary N) is 1. The van der Waals surface area contributed by atoms with Crippen LogP contribution in [0.25, 0.3) is 0 Å². The third-order valence-corrected chi connectivity index (χ3v) is 3.77. The molecule has 0 atom stereocenters. The van der Waals surface area contributed by atoms with Crippen molar-refractivity contribution in [1.29, 1.82) is 0 Å². The van der Waals surface area contributed by atoms with Gasteiger partial charge in [-0.15, -0.1) is 11.3 Å². The molecule has 94 valence electrons. The Bertz CT molecular complexity index is 550. The van der Waals surface area contributed by atoms with Crippen LogP contribution in [0.1, 0.15) is 16.6 Å². The van der Waals surface area contributed by atoms with E-state index in [0.717, 1.165) is 5.69 Å². The Morgan fingerprint density at radius 3 is 2.44 bits per heavy atom. The molecule has 1 heterocycles. The summed E-state index contributed by atoms with van der Waals surface area (Å²) in [5.41, 5.74) is 7.16. The Morgan fingerprint density at radius 2 is 1.94 bits per heavy atom. The minimum absolute atomic E-state index is 0.0424. The Labute approximate surface area is 115 Å². The molecule has 1 amide bonds. The topological polar surface area (TPSA) is 46.3 Å². The second-order valence-electron chi connectivity index (χ2n) is 3.74. The van der Waals surface area contributed by atoms with Gasteiger partial charge < -0.3 is 10.6 Å². The first-order valence-corrected chi connectivity index (χ1v) is 6.74. The zero-order valence-electron chi connectivity index (χ0n) is 9.89. The van der Waals surface area contributed by atoms with Crippen LogP contribution in [-0.2, 0) is 0 Å². The van der Waals surface area contributed by atoms with E-state index >= 15 is 0 Å². The van der Waals surface area contributed by atoms with Gasteiger partial charge in [0.05, 0.1) is 9.21 Å². The van der Waals surface area contributed by atoms with Crippen LogP contribution in [0.4, 0.5) is 11.4 Å². The van der Waals surface area contributed by atoms with Crippen molar-refractivity contribution >= 4 is 40.2 Å². The van der Waals surface area contributed by atoms with Crippen LogP contribution < -0.4 is 10.6 Å². The molecular weight excluding hydrogens is 268 g/mol. The number of carbonyl (C=O) groups excluding carboxylic acids is 1. The van der Waals surface area contributed by atoms with Crippen molar-refractivity contribution in [2.45, 2.75) is 6.92 Å². The average molecular weight is 281 g/mol. The largest absolute Gasteiger partial charge is 0.399 e. The molecular formula is C13H13ClN2OS. The van der Waals surface area contributed by atoms with Gasteiger partial charge >= 0.3 is 0 Å². The minimum Gasteiger partial charge on any atom is -0.399 e. The lowest BCUT2D eigenvalue weighted by Crippen LogP contribution is -2.29. The summed E-state index contributed by atoms with van der Waals surface area (Å²) in [6.45, 7) is 2.53. The standard InChI is InChI=1S/C13H13ClN2OS/c1-2-16(10-5-3-9(15)4-6-10)13(17)11-7-8-12(14)18-11/h3-8H,2,15H2,1H3. The van der Waals surface area contributed by atoms with Gasteiger partial charge in [-0.25, -0.2) is 0 Å². The molecule has 2 rings (SSSR count). The average Bonchev–Trinajstić information content (AvgIpc) is 2.79. The van der Waals surface area contributed by atoms with Gasteiger partial charge in [0.2, 0.25) is 0 Å². The molecule has 3 nitrogen and oxygen atoms in total. The molecule has 0 unspecified atom stereocenters. The lowest BCUT2D eigenvalue weighted by atomic mass is 10.2. The van der Waals surface area contributed by atoms with Gasteiger partial charge in [0.1, 0.15) is 0 Å². The Kier molecular flexibility index (Phi) is 3.89. The summed E-state index contributed by atoms with van der Waals surface area (Å²) in [6, 6.07) is 10.7. The van der Waals surface area contributed by atoms with Crippen LogP contribution in [0, 0.1) is 0 Å². The molecule has 0 bridgehead atoms. The molecule has 2 N–H and O–H groups in total. The predicted molar refractivity (Wildman–Crippen MR) is 77.5 cm³/mol. The van der Waals surface area contributed by atoms with E-state index in [1.54, 1.807) is 29.2 Å². The van der Waals surface area contributed by atoms with E-state index in [1.165, 1.54) is 11.3 Å². The predicted octanol–water partition coefficient (Wildman–Crippen LogP) is 3.65. The monoisotopic (exact) mass is 280 g/mol. The van der Waals surface area contributed by atoms with E-state index < -0.39 is 0 Å². The normalized spacial score (nSPS) is 10.3. The number of hydrogen-bond donors (Lipinski definition) is 1. The van der Waals surface area contributed by atoms with Crippen LogP contribution in [0.15, 0.2) is 36.4 Å². The molecule has 5 heteroatoms. The maximum absolute atomic E-state index is 12.3. The van der Waals surface area contributed by atoms with Gasteiger partial charge in [-0.05, 0) is 43.3 Å². The Morgan fingerprint density at radius 1 is 1.28 bits per heavy atom. The molecule has 0 aliphatic rings. The Balaban J connectivity index is 2.28. The summed E-state index contributed by atoms with van der Waals surface area (Å²) in [6.07, 6.45) is 0. The SMILES string of the molecule is CCN(C(=O)c1ccc(Cl)s1)c1ccc(N)cc1. The third kappa shape index (κ3) is 2.66. The second kappa shape index (κ2) is 5.42. The van der Waals surface area contributed by atoms with E-state index in [2.05, 4.69) is 0 Å². The van der Waals surface area contributed by atoms with E-state index in [4.69, 9.17) is 17.3 Å². The number of carbonyl (C=O) groups is 1. The fourth-order valence-electron chi connectivity index (χ4n) is 1.66. The highest BCUT2D eigenvalue weighted by Crippen LogP contribution is 2.25. The third-order valence-electron chi connectivity index (χ3n) is 2.55. The lowest BCUT2D eigenvalue weighted by Gasteiger charge is -2.20. The summed E-state index contributed by atoms with van der Waals surface area (Å²) < 4.78 is 0.617. The van der Waals surface area contributed by atoms with Crippen molar-refractivity contribution in [2.24, 2.45) is 0 Å². The number of nitrogen functional groups attached to an aromatic ring is 1. The molecule has 2 aromatic rings. The first-order chi connectivity index (χ1) is 8.61. The van der Waals surface area contributed by atoms with Crippen molar-refractivity contribution in [2.75, 3.05) is 17.2 Å². The minimum atomic E-state index is -0.0424. The number of thiophene rings is 1. The van der Waals surface area contributed by atoms with Gasteiger partial charge in [-0.1, -0.05) is 11.6 Å². The van der Waals surface area contributed by atoms with Gasteiger partial charge in [-0.2, -0.15) is 0 Å². The van der Waals surface area contributed by atoms with E-state index in [-0.39, 0.29) is 5.91 Å². The number of anilines is 2. The molecule has 18 heavy (non-hydrogen) atoms. The van der Waals surface area contributed by atoms with E-state index in [9.17, 15) is 4.79 Å². The number of rotatable bonds is 3. The fourth-order valence-corrected chi connectivity index (χ4v) is 2.65. The number of nitrogens with zero attached hydrogens (tertiary/aromatic N) is 1. The van der Waals surface area contributed by atoms with Gasteiger partial charge in [0, 0.05) is 17.9 Å².